The summed E-state index contributed by atoms with van der Waals surface area (Å²) in [5.41, 5.74) is 0. The van der Waals surface area contributed by atoms with Crippen molar-refractivity contribution in [2.45, 2.75) is 32.2 Å². The average molecular weight is 252 g/mol. The van der Waals surface area contributed by atoms with E-state index in [1.807, 2.05) is 0 Å². The van der Waals surface area contributed by atoms with Crippen molar-refractivity contribution in [3.8, 4) is 0 Å². The van der Waals surface area contributed by atoms with Gasteiger partial charge in [0.2, 0.25) is 5.91 Å². The average Bonchev–Trinajstić information content (AvgIpc) is 2.90. The van der Waals surface area contributed by atoms with Gasteiger partial charge in [-0.25, -0.2) is 0 Å². The number of rotatable bonds is 5. The summed E-state index contributed by atoms with van der Waals surface area (Å²) in [6.07, 6.45) is 2.74. The normalized spacial score (nSPS) is 21.4. The van der Waals surface area contributed by atoms with Crippen LogP contribution in [-0.4, -0.2) is 25.0 Å². The summed E-state index contributed by atoms with van der Waals surface area (Å²) >= 11 is 1.75. The van der Waals surface area contributed by atoms with E-state index in [1.54, 1.807) is 11.3 Å². The zero-order chi connectivity index (χ0) is 12.1. The maximum atomic E-state index is 11.8. The topological polar surface area (TPSA) is 41.1 Å². The van der Waals surface area contributed by atoms with Crippen LogP contribution in [0.4, 0.5) is 0 Å². The minimum Gasteiger partial charge on any atom is -0.353 e. The van der Waals surface area contributed by atoms with Gasteiger partial charge < -0.3 is 10.6 Å². The smallest absolute Gasteiger partial charge is 0.220 e. The van der Waals surface area contributed by atoms with Gasteiger partial charge in [-0.2, -0.15) is 0 Å². The van der Waals surface area contributed by atoms with E-state index in [4.69, 9.17) is 0 Å². The minimum atomic E-state index is 0.197. The van der Waals surface area contributed by atoms with Gasteiger partial charge in [0.15, 0.2) is 0 Å². The maximum Gasteiger partial charge on any atom is 0.220 e. The Bertz CT molecular complexity index is 344. The molecule has 0 radical (unpaired) electrons. The first kappa shape index (κ1) is 12.6. The van der Waals surface area contributed by atoms with Crippen molar-refractivity contribution in [1.82, 2.24) is 10.6 Å². The van der Waals surface area contributed by atoms with Crippen LogP contribution in [0.2, 0.25) is 0 Å². The SMILES string of the molecule is CC(Cc1cccs1)NC(=O)CC1CCNC1. The van der Waals surface area contributed by atoms with E-state index in [9.17, 15) is 4.79 Å². The van der Waals surface area contributed by atoms with Gasteiger partial charge >= 0.3 is 0 Å². The van der Waals surface area contributed by atoms with Crippen LogP contribution in [0.15, 0.2) is 17.5 Å². The largest absolute Gasteiger partial charge is 0.353 e. The molecule has 0 aromatic carbocycles. The summed E-state index contributed by atoms with van der Waals surface area (Å²) in [5.74, 6) is 0.728. The highest BCUT2D eigenvalue weighted by Gasteiger charge is 2.18. The van der Waals surface area contributed by atoms with Crippen LogP contribution in [0.3, 0.4) is 0 Å². The standard InChI is InChI=1S/C13H20N2OS/c1-10(7-12-3-2-6-17-12)15-13(16)8-11-4-5-14-9-11/h2-3,6,10-11,14H,4-5,7-9H2,1H3,(H,15,16). The van der Waals surface area contributed by atoms with E-state index in [0.29, 0.717) is 12.3 Å². The van der Waals surface area contributed by atoms with Gasteiger partial charge in [-0.1, -0.05) is 6.07 Å². The van der Waals surface area contributed by atoms with Gasteiger partial charge in [-0.3, -0.25) is 4.79 Å². The van der Waals surface area contributed by atoms with E-state index >= 15 is 0 Å². The summed E-state index contributed by atoms with van der Waals surface area (Å²) in [7, 11) is 0. The van der Waals surface area contributed by atoms with Crippen molar-refractivity contribution < 1.29 is 4.79 Å². The Kier molecular flexibility index (Phi) is 4.57. The van der Waals surface area contributed by atoms with Gasteiger partial charge in [-0.15, -0.1) is 11.3 Å². The van der Waals surface area contributed by atoms with Gasteiger partial charge in [0, 0.05) is 23.8 Å². The van der Waals surface area contributed by atoms with Crippen LogP contribution in [-0.2, 0) is 11.2 Å². The molecule has 1 aliphatic heterocycles. The lowest BCUT2D eigenvalue weighted by Gasteiger charge is -2.14. The highest BCUT2D eigenvalue weighted by Crippen LogP contribution is 2.13. The van der Waals surface area contributed by atoms with E-state index < -0.39 is 0 Å². The fourth-order valence-electron chi connectivity index (χ4n) is 2.27. The lowest BCUT2D eigenvalue weighted by molar-refractivity contribution is -0.122. The molecule has 1 amide bonds. The third-order valence-electron chi connectivity index (χ3n) is 3.13. The lowest BCUT2D eigenvalue weighted by atomic mass is 10.0. The predicted molar refractivity (Wildman–Crippen MR) is 71.2 cm³/mol. The van der Waals surface area contributed by atoms with Crippen LogP contribution in [0.25, 0.3) is 0 Å². The fourth-order valence-corrected chi connectivity index (χ4v) is 3.10. The third kappa shape index (κ3) is 4.13. The zero-order valence-corrected chi connectivity index (χ0v) is 11.1. The van der Waals surface area contributed by atoms with Crippen LogP contribution in [0, 0.1) is 5.92 Å². The first-order chi connectivity index (χ1) is 8.24. The van der Waals surface area contributed by atoms with E-state index in [1.165, 1.54) is 4.88 Å². The minimum absolute atomic E-state index is 0.197. The number of carbonyl (C=O) groups excluding carboxylic acids is 1. The molecule has 2 atom stereocenters. The summed E-state index contributed by atoms with van der Waals surface area (Å²) in [5, 5.41) is 8.45. The van der Waals surface area contributed by atoms with Gasteiger partial charge in [0.25, 0.3) is 0 Å². The molecule has 1 aliphatic rings. The second kappa shape index (κ2) is 6.17. The molecule has 3 nitrogen and oxygen atoms in total. The number of hydrogen-bond donors (Lipinski definition) is 2. The summed E-state index contributed by atoms with van der Waals surface area (Å²) < 4.78 is 0. The molecule has 0 aliphatic carbocycles. The first-order valence-corrected chi connectivity index (χ1v) is 7.14. The molecule has 94 valence electrons. The van der Waals surface area contributed by atoms with E-state index in [-0.39, 0.29) is 11.9 Å². The number of amides is 1. The molecule has 2 rings (SSSR count). The Labute approximate surface area is 107 Å². The van der Waals surface area contributed by atoms with Crippen LogP contribution < -0.4 is 10.6 Å². The molecule has 2 N–H and O–H groups in total. The number of hydrogen-bond acceptors (Lipinski definition) is 3. The van der Waals surface area contributed by atoms with Gasteiger partial charge in [0.05, 0.1) is 0 Å². The molecule has 0 saturated carbocycles. The fraction of sp³-hybridized carbons (Fsp3) is 0.615. The zero-order valence-electron chi connectivity index (χ0n) is 10.2. The lowest BCUT2D eigenvalue weighted by Crippen LogP contribution is -2.35. The van der Waals surface area contributed by atoms with Crippen LogP contribution in [0.1, 0.15) is 24.6 Å². The molecule has 1 fully saturated rings. The molecule has 1 aromatic heterocycles. The third-order valence-corrected chi connectivity index (χ3v) is 4.03. The first-order valence-electron chi connectivity index (χ1n) is 6.26. The molecule has 0 spiro atoms. The van der Waals surface area contributed by atoms with Crippen molar-refractivity contribution >= 4 is 17.2 Å². The van der Waals surface area contributed by atoms with Gasteiger partial charge in [-0.05, 0) is 43.8 Å². The molecule has 17 heavy (non-hydrogen) atoms. The number of carbonyl (C=O) groups is 1. The van der Waals surface area contributed by atoms with Crippen molar-refractivity contribution in [2.75, 3.05) is 13.1 Å². The quantitative estimate of drug-likeness (QED) is 0.839. The van der Waals surface area contributed by atoms with Crippen LogP contribution >= 0.6 is 11.3 Å². The molecular formula is C13H20N2OS. The van der Waals surface area contributed by atoms with Crippen molar-refractivity contribution in [3.63, 3.8) is 0 Å². The van der Waals surface area contributed by atoms with Crippen molar-refractivity contribution in [1.29, 1.82) is 0 Å². The molecule has 1 saturated heterocycles. The summed E-state index contributed by atoms with van der Waals surface area (Å²) in [6, 6.07) is 4.41. The molecule has 0 bridgehead atoms. The Morgan fingerprint density at radius 3 is 3.24 bits per heavy atom. The monoisotopic (exact) mass is 252 g/mol. The molecule has 2 heterocycles. The Morgan fingerprint density at radius 1 is 1.71 bits per heavy atom. The number of thiophene rings is 1. The highest BCUT2D eigenvalue weighted by atomic mass is 32.1. The summed E-state index contributed by atoms with van der Waals surface area (Å²) in [6.45, 7) is 4.12. The Morgan fingerprint density at radius 2 is 2.59 bits per heavy atom. The Balaban J connectivity index is 1.70. The second-order valence-electron chi connectivity index (χ2n) is 4.81. The second-order valence-corrected chi connectivity index (χ2v) is 5.85. The molecule has 2 unspecified atom stereocenters. The van der Waals surface area contributed by atoms with Crippen LogP contribution in [0.5, 0.6) is 0 Å². The van der Waals surface area contributed by atoms with Crippen molar-refractivity contribution in [2.24, 2.45) is 5.92 Å². The predicted octanol–water partition coefficient (Wildman–Crippen LogP) is 1.79. The Hall–Kier alpha value is -0.870. The molecule has 4 heteroatoms. The highest BCUT2D eigenvalue weighted by molar-refractivity contribution is 7.09. The van der Waals surface area contributed by atoms with Crippen molar-refractivity contribution in [3.05, 3.63) is 22.4 Å². The molecule has 1 aromatic rings. The summed E-state index contributed by atoms with van der Waals surface area (Å²) in [4.78, 5) is 13.1. The van der Waals surface area contributed by atoms with E-state index in [2.05, 4.69) is 35.1 Å². The van der Waals surface area contributed by atoms with E-state index in [0.717, 1.165) is 25.9 Å². The molecular weight excluding hydrogens is 232 g/mol. The maximum absolute atomic E-state index is 11.8. The number of nitrogens with one attached hydrogen (secondary N) is 2. The van der Waals surface area contributed by atoms with Gasteiger partial charge in [0.1, 0.15) is 0 Å².